The first-order valence-corrected chi connectivity index (χ1v) is 5.38. The van der Waals surface area contributed by atoms with Crippen LogP contribution in [0, 0.1) is 17.6 Å². The summed E-state index contributed by atoms with van der Waals surface area (Å²) in [6, 6.07) is 4.37. The molecule has 1 aromatic carbocycles. The predicted octanol–water partition coefficient (Wildman–Crippen LogP) is 3.57. The minimum atomic E-state index is -0.792. The van der Waals surface area contributed by atoms with Gasteiger partial charge in [0, 0.05) is 17.8 Å². The molecule has 1 aromatic rings. The second-order valence-electron chi connectivity index (χ2n) is 4.29. The monoisotopic (exact) mass is 211 g/mol. The zero-order valence-electron chi connectivity index (χ0n) is 8.76. The zero-order chi connectivity index (χ0) is 10.8. The molecule has 1 saturated carbocycles. The molecule has 1 aliphatic carbocycles. The lowest BCUT2D eigenvalue weighted by Gasteiger charge is -2.18. The molecule has 1 nitrogen and oxygen atoms in total. The molecule has 1 N–H and O–H groups in total. The number of hydrogen-bond acceptors (Lipinski definition) is 1. The van der Waals surface area contributed by atoms with Crippen LogP contribution in [0.4, 0.5) is 14.5 Å². The summed E-state index contributed by atoms with van der Waals surface area (Å²) >= 11 is 0. The van der Waals surface area contributed by atoms with E-state index in [0.717, 1.165) is 12.5 Å². The van der Waals surface area contributed by atoms with Crippen molar-refractivity contribution >= 4 is 5.69 Å². The Morgan fingerprint density at radius 3 is 2.60 bits per heavy atom. The van der Waals surface area contributed by atoms with Gasteiger partial charge in [-0.15, -0.1) is 0 Å². The van der Waals surface area contributed by atoms with Gasteiger partial charge in [-0.3, -0.25) is 0 Å². The second-order valence-corrected chi connectivity index (χ2v) is 4.29. The van der Waals surface area contributed by atoms with Gasteiger partial charge in [0.2, 0.25) is 0 Å². The normalized spacial score (nSPS) is 25.5. The van der Waals surface area contributed by atoms with Gasteiger partial charge < -0.3 is 5.32 Å². The summed E-state index contributed by atoms with van der Waals surface area (Å²) < 4.78 is 25.6. The molecule has 0 aliphatic heterocycles. The van der Waals surface area contributed by atoms with Crippen molar-refractivity contribution in [3.05, 3.63) is 29.8 Å². The molecular weight excluding hydrogens is 196 g/mol. The van der Waals surface area contributed by atoms with Gasteiger partial charge in [0.05, 0.1) is 0 Å². The zero-order valence-corrected chi connectivity index (χ0v) is 8.76. The standard InChI is InChI=1S/C12H15F2N/c1-8-3-2-4-12(8)15-9-5-6-10(13)11(14)7-9/h5-8,12,15H,2-4H2,1H3/t8-,12+/m1/s1. The maximum atomic E-state index is 12.9. The van der Waals surface area contributed by atoms with E-state index in [4.69, 9.17) is 0 Å². The van der Waals surface area contributed by atoms with E-state index in [0.29, 0.717) is 17.6 Å². The summed E-state index contributed by atoms with van der Waals surface area (Å²) in [7, 11) is 0. The summed E-state index contributed by atoms with van der Waals surface area (Å²) in [6.07, 6.45) is 3.53. The minimum absolute atomic E-state index is 0.398. The molecule has 0 spiro atoms. The fraction of sp³-hybridized carbons (Fsp3) is 0.500. The molecular formula is C12H15F2N. The summed E-state index contributed by atoms with van der Waals surface area (Å²) in [5.74, 6) is -0.969. The van der Waals surface area contributed by atoms with Crippen LogP contribution < -0.4 is 5.32 Å². The lowest BCUT2D eigenvalue weighted by Crippen LogP contribution is -2.21. The molecule has 0 bridgehead atoms. The van der Waals surface area contributed by atoms with Crippen LogP contribution in [0.25, 0.3) is 0 Å². The van der Waals surface area contributed by atoms with Gasteiger partial charge in [-0.2, -0.15) is 0 Å². The third kappa shape index (κ3) is 2.28. The molecule has 1 aliphatic rings. The third-order valence-corrected chi connectivity index (χ3v) is 3.13. The first kappa shape index (κ1) is 10.4. The fourth-order valence-electron chi connectivity index (χ4n) is 2.16. The second kappa shape index (κ2) is 4.17. The average Bonchev–Trinajstić information content (AvgIpc) is 2.59. The van der Waals surface area contributed by atoms with Gasteiger partial charge in [-0.25, -0.2) is 8.78 Å². The Hall–Kier alpha value is -1.12. The van der Waals surface area contributed by atoms with Crippen molar-refractivity contribution in [1.82, 2.24) is 0 Å². The summed E-state index contributed by atoms with van der Waals surface area (Å²) in [5, 5.41) is 3.25. The number of halogens is 2. The van der Waals surface area contributed by atoms with Crippen LogP contribution in [-0.2, 0) is 0 Å². The van der Waals surface area contributed by atoms with Crippen molar-refractivity contribution in [1.29, 1.82) is 0 Å². The van der Waals surface area contributed by atoms with Crippen molar-refractivity contribution in [3.8, 4) is 0 Å². The Balaban J connectivity index is 2.07. The number of nitrogens with one attached hydrogen (secondary N) is 1. The van der Waals surface area contributed by atoms with Gasteiger partial charge in [0.25, 0.3) is 0 Å². The highest BCUT2D eigenvalue weighted by Gasteiger charge is 2.23. The van der Waals surface area contributed by atoms with Crippen LogP contribution in [0.3, 0.4) is 0 Å². The van der Waals surface area contributed by atoms with Crippen LogP contribution in [-0.4, -0.2) is 6.04 Å². The number of benzene rings is 1. The van der Waals surface area contributed by atoms with E-state index >= 15 is 0 Å². The maximum absolute atomic E-state index is 12.9. The van der Waals surface area contributed by atoms with Gasteiger partial charge in [0.1, 0.15) is 0 Å². The Labute approximate surface area is 88.5 Å². The van der Waals surface area contributed by atoms with Crippen molar-refractivity contribution in [2.75, 3.05) is 5.32 Å². The molecule has 2 atom stereocenters. The van der Waals surface area contributed by atoms with E-state index in [9.17, 15) is 8.78 Å². The van der Waals surface area contributed by atoms with Crippen molar-refractivity contribution in [3.63, 3.8) is 0 Å². The lowest BCUT2D eigenvalue weighted by atomic mass is 10.1. The lowest BCUT2D eigenvalue weighted by molar-refractivity contribution is 0.508. The van der Waals surface area contributed by atoms with E-state index in [1.165, 1.54) is 18.9 Å². The van der Waals surface area contributed by atoms with Crippen LogP contribution in [0.1, 0.15) is 26.2 Å². The van der Waals surface area contributed by atoms with E-state index in [1.807, 2.05) is 0 Å². The summed E-state index contributed by atoms with van der Waals surface area (Å²) in [5.41, 5.74) is 0.674. The van der Waals surface area contributed by atoms with Crippen LogP contribution in [0.5, 0.6) is 0 Å². The molecule has 3 heteroatoms. The van der Waals surface area contributed by atoms with Crippen molar-refractivity contribution < 1.29 is 8.78 Å². The first-order valence-electron chi connectivity index (χ1n) is 5.38. The highest BCUT2D eigenvalue weighted by molar-refractivity contribution is 5.44. The molecule has 0 radical (unpaired) electrons. The van der Waals surface area contributed by atoms with Gasteiger partial charge in [0.15, 0.2) is 11.6 Å². The summed E-state index contributed by atoms with van der Waals surface area (Å²) in [4.78, 5) is 0. The maximum Gasteiger partial charge on any atom is 0.160 e. The summed E-state index contributed by atoms with van der Waals surface area (Å²) in [6.45, 7) is 2.19. The Morgan fingerprint density at radius 2 is 2.00 bits per heavy atom. The largest absolute Gasteiger partial charge is 0.382 e. The van der Waals surface area contributed by atoms with Crippen molar-refractivity contribution in [2.45, 2.75) is 32.2 Å². The fourth-order valence-corrected chi connectivity index (χ4v) is 2.16. The molecule has 0 amide bonds. The Bertz CT molecular complexity index is 351. The van der Waals surface area contributed by atoms with E-state index < -0.39 is 11.6 Å². The molecule has 0 saturated heterocycles. The quantitative estimate of drug-likeness (QED) is 0.788. The molecule has 2 rings (SSSR count). The highest BCUT2D eigenvalue weighted by atomic mass is 19.2. The van der Waals surface area contributed by atoms with Gasteiger partial charge in [-0.1, -0.05) is 13.3 Å². The molecule has 0 aromatic heterocycles. The number of hydrogen-bond donors (Lipinski definition) is 1. The Kier molecular flexibility index (Phi) is 2.89. The smallest absolute Gasteiger partial charge is 0.160 e. The topological polar surface area (TPSA) is 12.0 Å². The van der Waals surface area contributed by atoms with Crippen LogP contribution in [0.2, 0.25) is 0 Å². The molecule has 0 unspecified atom stereocenters. The third-order valence-electron chi connectivity index (χ3n) is 3.13. The highest BCUT2D eigenvalue weighted by Crippen LogP contribution is 2.28. The molecule has 82 valence electrons. The van der Waals surface area contributed by atoms with E-state index in [-0.39, 0.29) is 0 Å². The van der Waals surface area contributed by atoms with Gasteiger partial charge in [-0.05, 0) is 30.9 Å². The first-order chi connectivity index (χ1) is 7.16. The Morgan fingerprint density at radius 1 is 1.20 bits per heavy atom. The van der Waals surface area contributed by atoms with E-state index in [2.05, 4.69) is 12.2 Å². The molecule has 15 heavy (non-hydrogen) atoms. The predicted molar refractivity (Wildman–Crippen MR) is 56.8 cm³/mol. The molecule has 1 fully saturated rings. The molecule has 0 heterocycles. The SMILES string of the molecule is C[C@@H]1CCC[C@@H]1Nc1ccc(F)c(F)c1. The van der Waals surface area contributed by atoms with Gasteiger partial charge >= 0.3 is 0 Å². The van der Waals surface area contributed by atoms with Crippen LogP contribution >= 0.6 is 0 Å². The average molecular weight is 211 g/mol. The van der Waals surface area contributed by atoms with Crippen LogP contribution in [0.15, 0.2) is 18.2 Å². The number of anilines is 1. The van der Waals surface area contributed by atoms with Crippen molar-refractivity contribution in [2.24, 2.45) is 5.92 Å². The van der Waals surface area contributed by atoms with E-state index in [1.54, 1.807) is 6.07 Å². The number of rotatable bonds is 2. The minimum Gasteiger partial charge on any atom is -0.382 e.